The summed E-state index contributed by atoms with van der Waals surface area (Å²) >= 11 is 0. The van der Waals surface area contributed by atoms with E-state index in [1.54, 1.807) is 24.3 Å². The topological polar surface area (TPSA) is 72.6 Å². The summed E-state index contributed by atoms with van der Waals surface area (Å²) in [6.45, 7) is 0.398. The highest BCUT2D eigenvalue weighted by Crippen LogP contribution is 2.19. The van der Waals surface area contributed by atoms with E-state index in [2.05, 4.69) is 0 Å². The van der Waals surface area contributed by atoms with Crippen molar-refractivity contribution in [2.45, 2.75) is 6.42 Å². The van der Waals surface area contributed by atoms with Crippen LogP contribution in [-0.2, 0) is 6.42 Å². The molecule has 19 heavy (non-hydrogen) atoms. The van der Waals surface area contributed by atoms with Crippen molar-refractivity contribution in [1.82, 2.24) is 0 Å². The van der Waals surface area contributed by atoms with Crippen molar-refractivity contribution in [3.8, 4) is 11.5 Å². The number of nitro groups is 1. The molecule has 0 atom stereocenters. The first-order valence-corrected chi connectivity index (χ1v) is 5.81. The van der Waals surface area contributed by atoms with Crippen molar-refractivity contribution < 1.29 is 14.8 Å². The molecule has 2 rings (SSSR count). The summed E-state index contributed by atoms with van der Waals surface area (Å²) in [4.78, 5) is 10.0. The molecule has 98 valence electrons. The van der Waals surface area contributed by atoms with Crippen LogP contribution >= 0.6 is 0 Å². The maximum Gasteiger partial charge on any atom is 0.269 e. The summed E-state index contributed by atoms with van der Waals surface area (Å²) in [5.41, 5.74) is 0.845. The maximum absolute atomic E-state index is 10.5. The molecular formula is C14H13NO4. The molecule has 0 bridgehead atoms. The minimum atomic E-state index is -0.453. The zero-order valence-electron chi connectivity index (χ0n) is 10.2. The van der Waals surface area contributed by atoms with Crippen molar-refractivity contribution in [2.75, 3.05) is 6.61 Å². The van der Waals surface area contributed by atoms with Gasteiger partial charge in [0.05, 0.1) is 11.5 Å². The van der Waals surface area contributed by atoms with Crippen molar-refractivity contribution in [1.29, 1.82) is 0 Å². The van der Waals surface area contributed by atoms with Crippen molar-refractivity contribution in [2.24, 2.45) is 0 Å². The Hall–Kier alpha value is -2.56. The quantitative estimate of drug-likeness (QED) is 0.661. The van der Waals surface area contributed by atoms with E-state index >= 15 is 0 Å². The van der Waals surface area contributed by atoms with Crippen LogP contribution in [0.2, 0.25) is 0 Å². The molecule has 2 aromatic carbocycles. The zero-order chi connectivity index (χ0) is 13.7. The van der Waals surface area contributed by atoms with Crippen LogP contribution in [0, 0.1) is 10.1 Å². The zero-order valence-corrected chi connectivity index (χ0v) is 10.2. The number of rotatable bonds is 5. The molecule has 0 aliphatic carbocycles. The minimum absolute atomic E-state index is 0.0352. The van der Waals surface area contributed by atoms with E-state index in [0.717, 1.165) is 5.56 Å². The standard InChI is InChI=1S/C14H13NO4/c16-14-4-2-1-3-11(14)9-10-19-13-7-5-12(6-8-13)15(17)18/h1-8,16H,9-10H2. The molecule has 2 aromatic rings. The van der Waals surface area contributed by atoms with E-state index < -0.39 is 4.92 Å². The molecule has 1 N–H and O–H groups in total. The SMILES string of the molecule is O=[N+]([O-])c1ccc(OCCc2ccccc2O)cc1. The Morgan fingerprint density at radius 3 is 2.42 bits per heavy atom. The van der Waals surface area contributed by atoms with Gasteiger partial charge in [-0.15, -0.1) is 0 Å². The number of hydrogen-bond donors (Lipinski definition) is 1. The van der Waals surface area contributed by atoms with Gasteiger partial charge in [0.25, 0.3) is 5.69 Å². The van der Waals surface area contributed by atoms with Crippen LogP contribution in [0.5, 0.6) is 11.5 Å². The van der Waals surface area contributed by atoms with Crippen LogP contribution in [0.15, 0.2) is 48.5 Å². The first kappa shape index (κ1) is 12.9. The molecule has 5 nitrogen and oxygen atoms in total. The Bertz CT molecular complexity index is 566. The summed E-state index contributed by atoms with van der Waals surface area (Å²) in [6.07, 6.45) is 0.573. The third-order valence-corrected chi connectivity index (χ3v) is 2.68. The number of phenolic OH excluding ortho intramolecular Hbond substituents is 1. The fourth-order valence-corrected chi connectivity index (χ4v) is 1.67. The molecule has 0 spiro atoms. The summed E-state index contributed by atoms with van der Waals surface area (Å²) in [5, 5.41) is 20.1. The van der Waals surface area contributed by atoms with Crippen LogP contribution in [0.3, 0.4) is 0 Å². The highest BCUT2D eigenvalue weighted by atomic mass is 16.6. The molecule has 0 aliphatic heterocycles. The van der Waals surface area contributed by atoms with Gasteiger partial charge < -0.3 is 9.84 Å². The van der Waals surface area contributed by atoms with Crippen LogP contribution in [0.25, 0.3) is 0 Å². The smallest absolute Gasteiger partial charge is 0.269 e. The lowest BCUT2D eigenvalue weighted by Crippen LogP contribution is -2.01. The molecule has 0 amide bonds. The highest BCUT2D eigenvalue weighted by Gasteiger charge is 2.05. The minimum Gasteiger partial charge on any atom is -0.508 e. The molecule has 0 saturated heterocycles. The predicted octanol–water partition coefficient (Wildman–Crippen LogP) is 2.92. The largest absolute Gasteiger partial charge is 0.508 e. The first-order valence-electron chi connectivity index (χ1n) is 5.81. The first-order chi connectivity index (χ1) is 9.16. The maximum atomic E-state index is 10.5. The molecule has 0 aromatic heterocycles. The fourth-order valence-electron chi connectivity index (χ4n) is 1.67. The number of non-ortho nitro benzene ring substituents is 1. The van der Waals surface area contributed by atoms with Crippen molar-refractivity contribution >= 4 is 5.69 Å². The third-order valence-electron chi connectivity index (χ3n) is 2.68. The molecular weight excluding hydrogens is 246 g/mol. The van der Waals surface area contributed by atoms with E-state index in [0.29, 0.717) is 18.8 Å². The summed E-state index contributed by atoms with van der Waals surface area (Å²) in [5.74, 6) is 0.816. The number of ether oxygens (including phenoxy) is 1. The number of benzene rings is 2. The predicted molar refractivity (Wildman–Crippen MR) is 70.4 cm³/mol. The van der Waals surface area contributed by atoms with Gasteiger partial charge in [0, 0.05) is 18.6 Å². The van der Waals surface area contributed by atoms with Crippen LogP contribution in [-0.4, -0.2) is 16.6 Å². The molecule has 0 unspecified atom stereocenters. The number of hydrogen-bond acceptors (Lipinski definition) is 4. The number of nitro benzene ring substituents is 1. The Labute approximate surface area is 110 Å². The van der Waals surface area contributed by atoms with E-state index in [4.69, 9.17) is 4.74 Å². The molecule has 0 saturated carbocycles. The van der Waals surface area contributed by atoms with Gasteiger partial charge in [0.15, 0.2) is 0 Å². The van der Waals surface area contributed by atoms with E-state index in [1.165, 1.54) is 12.1 Å². The number of nitrogens with zero attached hydrogens (tertiary/aromatic N) is 1. The third kappa shape index (κ3) is 3.45. The Morgan fingerprint density at radius 2 is 1.79 bits per heavy atom. The second-order valence-electron chi connectivity index (χ2n) is 3.98. The molecule has 0 fully saturated rings. The summed E-state index contributed by atoms with van der Waals surface area (Å²) in [6, 6.07) is 13.0. The van der Waals surface area contributed by atoms with Crippen LogP contribution < -0.4 is 4.74 Å². The number of phenols is 1. The lowest BCUT2D eigenvalue weighted by atomic mass is 10.1. The lowest BCUT2D eigenvalue weighted by molar-refractivity contribution is -0.384. The Balaban J connectivity index is 1.89. The Kier molecular flexibility index (Phi) is 3.97. The van der Waals surface area contributed by atoms with E-state index in [1.807, 2.05) is 12.1 Å². The normalized spacial score (nSPS) is 10.1. The number of aromatic hydroxyl groups is 1. The summed E-state index contributed by atoms with van der Waals surface area (Å²) in [7, 11) is 0. The van der Waals surface area contributed by atoms with Crippen LogP contribution in [0.4, 0.5) is 5.69 Å². The van der Waals surface area contributed by atoms with Gasteiger partial charge in [-0.2, -0.15) is 0 Å². The van der Waals surface area contributed by atoms with Gasteiger partial charge in [0.2, 0.25) is 0 Å². The molecule has 0 aliphatic rings. The monoisotopic (exact) mass is 259 g/mol. The lowest BCUT2D eigenvalue weighted by Gasteiger charge is -2.07. The molecule has 0 radical (unpaired) electrons. The average molecular weight is 259 g/mol. The van der Waals surface area contributed by atoms with Gasteiger partial charge in [-0.1, -0.05) is 18.2 Å². The van der Waals surface area contributed by atoms with Gasteiger partial charge in [-0.3, -0.25) is 10.1 Å². The Morgan fingerprint density at radius 1 is 1.11 bits per heavy atom. The van der Waals surface area contributed by atoms with Crippen LogP contribution in [0.1, 0.15) is 5.56 Å². The van der Waals surface area contributed by atoms with Crippen molar-refractivity contribution in [3.05, 3.63) is 64.2 Å². The van der Waals surface area contributed by atoms with Gasteiger partial charge >= 0.3 is 0 Å². The van der Waals surface area contributed by atoms with Gasteiger partial charge in [-0.05, 0) is 23.8 Å². The molecule has 5 heteroatoms. The number of para-hydroxylation sites is 1. The van der Waals surface area contributed by atoms with Crippen molar-refractivity contribution in [3.63, 3.8) is 0 Å². The second kappa shape index (κ2) is 5.86. The van der Waals surface area contributed by atoms with Gasteiger partial charge in [0.1, 0.15) is 11.5 Å². The van der Waals surface area contributed by atoms with E-state index in [-0.39, 0.29) is 11.4 Å². The van der Waals surface area contributed by atoms with Gasteiger partial charge in [-0.25, -0.2) is 0 Å². The van der Waals surface area contributed by atoms with E-state index in [9.17, 15) is 15.2 Å². The molecule has 0 heterocycles. The fraction of sp³-hybridized carbons (Fsp3) is 0.143. The highest BCUT2D eigenvalue weighted by molar-refractivity contribution is 5.36. The summed E-state index contributed by atoms with van der Waals surface area (Å²) < 4.78 is 5.47. The second-order valence-corrected chi connectivity index (χ2v) is 3.98. The average Bonchev–Trinajstić information content (AvgIpc) is 2.41.